The number of fused-ring (bicyclic) bond motifs is 7. The van der Waals surface area contributed by atoms with Crippen molar-refractivity contribution < 1.29 is 5.48 Å². The minimum atomic E-state index is -3.18. The fourth-order valence-corrected chi connectivity index (χ4v) is 14.5. The first-order chi connectivity index (χ1) is 26.3. The molecule has 0 saturated carbocycles. The van der Waals surface area contributed by atoms with Gasteiger partial charge in [-0.25, -0.2) is 4.98 Å². The van der Waals surface area contributed by atoms with E-state index >= 15 is 0 Å². The van der Waals surface area contributed by atoms with Crippen molar-refractivity contribution >= 4 is 68.4 Å². The van der Waals surface area contributed by atoms with E-state index in [1.807, 2.05) is 48.5 Å². The zero-order chi connectivity index (χ0) is 36.7. The first kappa shape index (κ1) is 25.4. The molecule has 10 rings (SSSR count). The maximum atomic E-state index is 9.86. The summed E-state index contributed by atoms with van der Waals surface area (Å²) in [6.45, 7) is -2.61. The van der Waals surface area contributed by atoms with Crippen LogP contribution in [-0.4, -0.2) is 22.0 Å². The van der Waals surface area contributed by atoms with E-state index in [-0.39, 0.29) is 0 Å². The highest BCUT2D eigenvalue weighted by molar-refractivity contribution is 7.99. The number of aromatic nitrogens is 3. The number of hydrogen-bond donors (Lipinski definition) is 0. The molecule has 3 heterocycles. The Bertz CT molecular complexity index is 2830. The van der Waals surface area contributed by atoms with Crippen molar-refractivity contribution in [1.82, 2.24) is 14.0 Å². The second kappa shape index (κ2) is 11.5. The Morgan fingerprint density at radius 1 is 0.580 bits per heavy atom. The Balaban J connectivity index is 1.26. The van der Waals surface area contributed by atoms with E-state index in [1.54, 1.807) is 17.8 Å². The van der Waals surface area contributed by atoms with Crippen molar-refractivity contribution in [1.29, 1.82) is 0 Å². The summed E-state index contributed by atoms with van der Waals surface area (Å²) in [6, 6.07) is 60.4. The summed E-state index contributed by atoms with van der Waals surface area (Å²) in [4.78, 5) is 6.77. The molecule has 0 saturated heterocycles. The minimum absolute atomic E-state index is 0.521. The Morgan fingerprint density at radius 2 is 1.18 bits per heavy atom. The molecule has 1 aliphatic heterocycles. The fourth-order valence-electron chi connectivity index (χ4n) is 7.97. The maximum absolute atomic E-state index is 9.86. The molecule has 0 radical (unpaired) electrons. The molecule has 0 N–H and O–H groups in total. The molecule has 0 fully saturated rings. The molecule has 1 atom stereocenters. The molecule has 238 valence electrons. The smallest absolute Gasteiger partial charge is 0.220 e. The first-order valence-electron chi connectivity index (χ1n) is 18.8. The van der Waals surface area contributed by atoms with Gasteiger partial charge in [-0.15, -0.1) is 0 Å². The lowest BCUT2D eigenvalue weighted by Gasteiger charge is -2.38. The molecule has 50 heavy (non-hydrogen) atoms. The average molecular weight is 680 g/mol. The van der Waals surface area contributed by atoms with Crippen LogP contribution in [0.25, 0.3) is 33.5 Å². The molecule has 9 aromatic rings. The van der Waals surface area contributed by atoms with E-state index in [1.165, 1.54) is 10.4 Å². The summed E-state index contributed by atoms with van der Waals surface area (Å²) < 4.78 is 40.7. The van der Waals surface area contributed by atoms with Crippen LogP contribution < -0.4 is 20.7 Å². The third-order valence-electron chi connectivity index (χ3n) is 10.1. The van der Waals surface area contributed by atoms with E-state index in [2.05, 4.69) is 130 Å². The highest BCUT2D eigenvalue weighted by atomic mass is 32.2. The third-order valence-corrected chi connectivity index (χ3v) is 16.4. The Kier molecular flexibility index (Phi) is 5.82. The monoisotopic (exact) mass is 679 g/mol. The summed E-state index contributed by atoms with van der Waals surface area (Å²) in [6.07, 6.45) is 0. The van der Waals surface area contributed by atoms with Crippen molar-refractivity contribution in [2.45, 2.75) is 22.5 Å². The molecule has 0 bridgehead atoms. The van der Waals surface area contributed by atoms with Gasteiger partial charge in [-0.2, -0.15) is 0 Å². The predicted molar refractivity (Wildman–Crippen MR) is 211 cm³/mol. The van der Waals surface area contributed by atoms with Crippen LogP contribution in [0, 0.1) is 0 Å². The van der Waals surface area contributed by atoms with E-state index < -0.39 is 20.8 Å². The first-order valence-corrected chi connectivity index (χ1v) is 19.6. The Hall–Kier alpha value is -5.62. The summed E-state index contributed by atoms with van der Waals surface area (Å²) >= 11 is 1.59. The number of para-hydroxylation sites is 4. The summed E-state index contributed by atoms with van der Waals surface area (Å²) in [5.74, 6) is -1.09. The fraction of sp³-hybridized carbons (Fsp3) is 0.0444. The van der Waals surface area contributed by atoms with E-state index in [0.717, 1.165) is 53.7 Å². The number of benzene rings is 7. The normalized spacial score (nSPS) is 17.1. The van der Waals surface area contributed by atoms with Gasteiger partial charge in [0.05, 0.1) is 22.1 Å². The zero-order valence-corrected chi connectivity index (χ0v) is 28.8. The van der Waals surface area contributed by atoms with Crippen LogP contribution in [0.4, 0.5) is 0 Å². The van der Waals surface area contributed by atoms with Gasteiger partial charge < -0.3 is 0 Å². The van der Waals surface area contributed by atoms with Crippen LogP contribution in [0.5, 0.6) is 0 Å². The second-order valence-corrected chi connectivity index (χ2v) is 17.6. The topological polar surface area (TPSA) is 22.2 Å². The second-order valence-electron chi connectivity index (χ2n) is 12.7. The van der Waals surface area contributed by atoms with E-state index in [9.17, 15) is 1.37 Å². The van der Waals surface area contributed by atoms with Gasteiger partial charge in [0, 0.05) is 26.9 Å². The van der Waals surface area contributed by atoms with Gasteiger partial charge in [-0.3, -0.25) is 8.97 Å². The highest BCUT2D eigenvalue weighted by Crippen LogP contribution is 2.45. The minimum Gasteiger partial charge on any atom is -0.278 e. The van der Waals surface area contributed by atoms with Crippen LogP contribution in [0.1, 0.15) is 29.4 Å². The molecule has 0 aliphatic carbocycles. The van der Waals surface area contributed by atoms with Crippen molar-refractivity contribution in [2.75, 3.05) is 0 Å². The molecule has 1 unspecified atom stereocenters. The molecule has 7 aromatic carbocycles. The number of rotatable bonds is 5. The standard InChI is InChI=1S/C45H33N3SSi/c1-31-36-19-8-13-25-42(36)49-44-37(31)20-14-26-43(44)50(33-15-4-2-5-16-33,34-17-6-3-7-18-34)35-29-27-32(28-30-35)47-40-23-11-12-24-41(40)48-39-22-10-9-21-38(39)46-45(47)48/h2-31H,1H3/i1D3,31D. The Morgan fingerprint density at radius 3 is 1.92 bits per heavy atom. The SMILES string of the molecule is [2H]C([2H])([2H])C1([2H])c2ccccc2Sc2c1cccc2[Si](c1ccccc1)(c1ccccc1)c1ccc(-n2c3ccccc3n3c4ccccc4nc23)cc1. The van der Waals surface area contributed by atoms with Crippen molar-refractivity contribution in [3.8, 4) is 5.69 Å². The van der Waals surface area contributed by atoms with E-state index in [0.29, 0.717) is 11.1 Å². The predicted octanol–water partition coefficient (Wildman–Crippen LogP) is 8.43. The van der Waals surface area contributed by atoms with Crippen molar-refractivity contribution in [3.63, 3.8) is 0 Å². The van der Waals surface area contributed by atoms with Gasteiger partial charge in [0.25, 0.3) is 0 Å². The summed E-state index contributed by atoms with van der Waals surface area (Å²) in [5.41, 5.74) is 6.20. The van der Waals surface area contributed by atoms with Crippen molar-refractivity contribution in [2.24, 2.45) is 0 Å². The van der Waals surface area contributed by atoms with Crippen LogP contribution in [0.15, 0.2) is 186 Å². The molecular weight excluding hydrogens is 643 g/mol. The quantitative estimate of drug-likeness (QED) is 0.135. The third kappa shape index (κ3) is 4.20. The molecule has 0 spiro atoms. The molecular formula is C45H33N3SSi. The average Bonchev–Trinajstić information content (AvgIpc) is 3.74. The van der Waals surface area contributed by atoms with Crippen molar-refractivity contribution in [3.05, 3.63) is 187 Å². The van der Waals surface area contributed by atoms with Gasteiger partial charge in [-0.1, -0.05) is 152 Å². The van der Waals surface area contributed by atoms with Crippen LogP contribution in [-0.2, 0) is 0 Å². The summed E-state index contributed by atoms with van der Waals surface area (Å²) in [5, 5.41) is 4.57. The molecule has 3 nitrogen and oxygen atoms in total. The maximum Gasteiger partial charge on any atom is 0.220 e. The Labute approximate surface area is 302 Å². The van der Waals surface area contributed by atoms with Crippen LogP contribution in [0.3, 0.4) is 0 Å². The van der Waals surface area contributed by atoms with Gasteiger partial charge >= 0.3 is 0 Å². The lowest BCUT2D eigenvalue weighted by Crippen LogP contribution is -2.75. The molecule has 0 amide bonds. The van der Waals surface area contributed by atoms with Crippen LogP contribution in [0.2, 0.25) is 0 Å². The van der Waals surface area contributed by atoms with Gasteiger partial charge in [0.15, 0.2) is 8.07 Å². The number of hydrogen-bond acceptors (Lipinski definition) is 2. The molecule has 1 aliphatic rings. The number of nitrogens with zero attached hydrogens (tertiary/aromatic N) is 3. The van der Waals surface area contributed by atoms with Gasteiger partial charge in [0.2, 0.25) is 5.78 Å². The van der Waals surface area contributed by atoms with Gasteiger partial charge in [0.1, 0.15) is 0 Å². The number of imidazole rings is 2. The van der Waals surface area contributed by atoms with E-state index in [4.69, 9.17) is 9.10 Å². The lowest BCUT2D eigenvalue weighted by atomic mass is 9.92. The van der Waals surface area contributed by atoms with Crippen LogP contribution >= 0.6 is 11.8 Å². The zero-order valence-electron chi connectivity index (χ0n) is 31.0. The highest BCUT2D eigenvalue weighted by Gasteiger charge is 2.44. The molecule has 5 heteroatoms. The molecule has 2 aromatic heterocycles. The lowest BCUT2D eigenvalue weighted by molar-refractivity contribution is 0.859. The summed E-state index contributed by atoms with van der Waals surface area (Å²) in [7, 11) is -3.18. The largest absolute Gasteiger partial charge is 0.278 e. The van der Waals surface area contributed by atoms with Gasteiger partial charge in [-0.05, 0) is 74.3 Å².